The van der Waals surface area contributed by atoms with Crippen LogP contribution in [0.15, 0.2) is 65.6 Å². The van der Waals surface area contributed by atoms with E-state index in [4.69, 9.17) is 4.74 Å². The van der Waals surface area contributed by atoms with Crippen LogP contribution in [0.4, 0.5) is 23.2 Å². The van der Waals surface area contributed by atoms with Crippen molar-refractivity contribution < 1.29 is 40.3 Å². The molecule has 12 heteroatoms. The number of halogens is 4. The van der Waals surface area contributed by atoms with Crippen LogP contribution in [0, 0.1) is 11.7 Å². The lowest BCUT2D eigenvalue weighted by Crippen LogP contribution is -2.42. The Morgan fingerprint density at radius 2 is 1.76 bits per heavy atom. The molecule has 7 nitrogen and oxygen atoms in total. The Morgan fingerprint density at radius 1 is 1.02 bits per heavy atom. The van der Waals surface area contributed by atoms with Gasteiger partial charge in [-0.05, 0) is 54.7 Å². The van der Waals surface area contributed by atoms with Crippen LogP contribution in [0.3, 0.4) is 0 Å². The van der Waals surface area contributed by atoms with E-state index in [0.29, 0.717) is 24.8 Å². The molecule has 42 heavy (non-hydrogen) atoms. The summed E-state index contributed by atoms with van der Waals surface area (Å²) in [6, 6.07) is 13.2. The van der Waals surface area contributed by atoms with Crippen molar-refractivity contribution >= 4 is 27.3 Å². The van der Waals surface area contributed by atoms with E-state index in [1.165, 1.54) is 19.2 Å². The minimum absolute atomic E-state index is 0.0140. The second kappa shape index (κ2) is 12.5. The van der Waals surface area contributed by atoms with Crippen molar-refractivity contribution in [2.24, 2.45) is 5.92 Å². The first-order chi connectivity index (χ1) is 19.8. The first-order valence-electron chi connectivity index (χ1n) is 13.4. The fraction of sp³-hybridized carbons (Fsp3) is 0.333. The van der Waals surface area contributed by atoms with Crippen LogP contribution in [-0.2, 0) is 21.1 Å². The average Bonchev–Trinajstić information content (AvgIpc) is 3.41. The van der Waals surface area contributed by atoms with Crippen molar-refractivity contribution in [2.45, 2.75) is 55.5 Å². The number of benzene rings is 3. The van der Waals surface area contributed by atoms with Crippen LogP contribution in [0.1, 0.15) is 48.5 Å². The highest BCUT2D eigenvalue weighted by molar-refractivity contribution is 7.92. The van der Waals surface area contributed by atoms with Gasteiger partial charge in [0.15, 0.2) is 0 Å². The summed E-state index contributed by atoms with van der Waals surface area (Å²) in [6.07, 6.45) is 3.14. The molecule has 0 radical (unpaired) electrons. The Balaban J connectivity index is 1.54. The largest absolute Gasteiger partial charge is 0.501 e. The number of sulfone groups is 1. The van der Waals surface area contributed by atoms with Gasteiger partial charge in [-0.2, -0.15) is 13.2 Å². The molecule has 3 aromatic carbocycles. The van der Waals surface area contributed by atoms with Crippen molar-refractivity contribution in [3.8, 4) is 16.9 Å². The first-order valence-corrected chi connectivity index (χ1v) is 14.8. The predicted octanol–water partition coefficient (Wildman–Crippen LogP) is 6.28. The SMILES string of the molecule is CCCc1cccc(-c2cc(C(=O)N[C@@H]3CCC[C@@H]3C(=O)Nc3cccc(S(=O)(=O)C(F)(F)F)c3)c(OC)cc2F)c1. The highest BCUT2D eigenvalue weighted by Crippen LogP contribution is 2.34. The molecule has 3 aromatic rings. The molecule has 0 saturated heterocycles. The summed E-state index contributed by atoms with van der Waals surface area (Å²) >= 11 is 0. The van der Waals surface area contributed by atoms with Crippen LogP contribution in [-0.4, -0.2) is 38.9 Å². The van der Waals surface area contributed by atoms with Gasteiger partial charge in [0.25, 0.3) is 15.7 Å². The molecule has 2 amide bonds. The zero-order chi connectivity index (χ0) is 30.7. The van der Waals surface area contributed by atoms with Gasteiger partial charge in [-0.25, -0.2) is 12.8 Å². The molecule has 1 aliphatic rings. The zero-order valence-corrected chi connectivity index (χ0v) is 23.7. The summed E-state index contributed by atoms with van der Waals surface area (Å²) in [4.78, 5) is 25.5. The Bertz CT molecular complexity index is 1590. The molecule has 1 fully saturated rings. The summed E-state index contributed by atoms with van der Waals surface area (Å²) < 4.78 is 82.8. The lowest BCUT2D eigenvalue weighted by Gasteiger charge is -2.22. The van der Waals surface area contributed by atoms with Gasteiger partial charge < -0.3 is 15.4 Å². The van der Waals surface area contributed by atoms with Crippen molar-refractivity contribution in [2.75, 3.05) is 12.4 Å². The lowest BCUT2D eigenvalue weighted by molar-refractivity contribution is -0.120. The number of rotatable bonds is 9. The second-order valence-electron chi connectivity index (χ2n) is 10.1. The number of anilines is 1. The summed E-state index contributed by atoms with van der Waals surface area (Å²) in [5.74, 6) is -2.46. The van der Waals surface area contributed by atoms with E-state index in [-0.39, 0.29) is 22.6 Å². The molecule has 0 aliphatic heterocycles. The number of carbonyl (C=O) groups excluding carboxylic acids is 2. The van der Waals surface area contributed by atoms with Crippen LogP contribution in [0.2, 0.25) is 0 Å². The Morgan fingerprint density at radius 3 is 2.45 bits per heavy atom. The summed E-state index contributed by atoms with van der Waals surface area (Å²) in [5, 5.41) is 5.30. The molecular formula is C30H30F4N2O5S. The van der Waals surface area contributed by atoms with Crippen LogP contribution < -0.4 is 15.4 Å². The molecule has 0 aromatic heterocycles. The fourth-order valence-corrected chi connectivity index (χ4v) is 5.92. The normalized spacial score (nSPS) is 17.1. The maximum absolute atomic E-state index is 15.1. The predicted molar refractivity (Wildman–Crippen MR) is 149 cm³/mol. The van der Waals surface area contributed by atoms with E-state index in [2.05, 4.69) is 10.6 Å². The van der Waals surface area contributed by atoms with Crippen LogP contribution in [0.25, 0.3) is 11.1 Å². The summed E-state index contributed by atoms with van der Waals surface area (Å²) in [6.45, 7) is 2.04. The average molecular weight is 607 g/mol. The third-order valence-electron chi connectivity index (χ3n) is 7.20. The molecule has 224 valence electrons. The van der Waals surface area contributed by atoms with E-state index in [0.717, 1.165) is 42.7 Å². The molecule has 0 spiro atoms. The van der Waals surface area contributed by atoms with Crippen molar-refractivity contribution in [1.29, 1.82) is 0 Å². The molecular weight excluding hydrogens is 576 g/mol. The van der Waals surface area contributed by atoms with Gasteiger partial charge in [0, 0.05) is 23.4 Å². The van der Waals surface area contributed by atoms with Crippen molar-refractivity contribution in [1.82, 2.24) is 5.32 Å². The van der Waals surface area contributed by atoms with Gasteiger partial charge in [-0.1, -0.05) is 50.1 Å². The van der Waals surface area contributed by atoms with E-state index in [1.54, 1.807) is 6.07 Å². The fourth-order valence-electron chi connectivity index (χ4n) is 5.11. The molecule has 1 saturated carbocycles. The third-order valence-corrected chi connectivity index (χ3v) is 8.68. The second-order valence-corrected chi connectivity index (χ2v) is 12.0. The Labute approximate surface area is 241 Å². The maximum Gasteiger partial charge on any atom is 0.501 e. The number of aryl methyl sites for hydroxylation is 1. The number of carbonyl (C=O) groups is 2. The number of nitrogens with one attached hydrogen (secondary N) is 2. The summed E-state index contributed by atoms with van der Waals surface area (Å²) in [7, 11) is -4.29. The van der Waals surface area contributed by atoms with E-state index < -0.39 is 49.8 Å². The highest BCUT2D eigenvalue weighted by Gasteiger charge is 2.47. The minimum atomic E-state index is -5.60. The van der Waals surface area contributed by atoms with Crippen molar-refractivity contribution in [3.05, 3.63) is 77.6 Å². The topological polar surface area (TPSA) is 102 Å². The van der Waals surface area contributed by atoms with Gasteiger partial charge in [-0.15, -0.1) is 0 Å². The molecule has 0 bridgehead atoms. The molecule has 0 heterocycles. The number of amides is 2. The lowest BCUT2D eigenvalue weighted by atomic mass is 9.97. The molecule has 2 atom stereocenters. The minimum Gasteiger partial charge on any atom is -0.496 e. The van der Waals surface area contributed by atoms with Crippen LogP contribution in [0.5, 0.6) is 5.75 Å². The molecule has 1 aliphatic carbocycles. The molecule has 4 rings (SSSR count). The highest BCUT2D eigenvalue weighted by atomic mass is 32.2. The smallest absolute Gasteiger partial charge is 0.496 e. The van der Waals surface area contributed by atoms with E-state index >= 15 is 4.39 Å². The number of hydrogen-bond donors (Lipinski definition) is 2. The molecule has 0 unspecified atom stereocenters. The van der Waals surface area contributed by atoms with Gasteiger partial charge in [-0.3, -0.25) is 9.59 Å². The van der Waals surface area contributed by atoms with Crippen LogP contribution >= 0.6 is 0 Å². The molecule has 2 N–H and O–H groups in total. The number of ether oxygens (including phenoxy) is 1. The Kier molecular flexibility index (Phi) is 9.24. The summed E-state index contributed by atoms with van der Waals surface area (Å²) in [5.41, 5.74) is -3.70. The Hall–Kier alpha value is -3.93. The quantitative estimate of drug-likeness (QED) is 0.279. The van der Waals surface area contributed by atoms with Crippen molar-refractivity contribution in [3.63, 3.8) is 0 Å². The monoisotopic (exact) mass is 606 g/mol. The number of alkyl halides is 3. The van der Waals surface area contributed by atoms with Gasteiger partial charge in [0.2, 0.25) is 5.91 Å². The zero-order valence-electron chi connectivity index (χ0n) is 22.9. The maximum atomic E-state index is 15.1. The van der Waals surface area contributed by atoms with Gasteiger partial charge >= 0.3 is 5.51 Å². The standard InChI is InChI=1S/C30H30F4N2O5S/c1-3-7-18-8-4-9-19(14-18)23-16-24(27(41-2)17-25(23)31)29(38)36-26-13-6-12-22(26)28(37)35-20-10-5-11-21(15-20)42(39,40)30(32,33)34/h4-5,8-11,14-17,22,26H,3,6-7,12-13H2,1-2H3,(H,35,37)(H,36,38)/t22-,26+/m0/s1. The third kappa shape index (κ3) is 6.59. The first kappa shape index (κ1) is 31.0. The van der Waals surface area contributed by atoms with E-state index in [9.17, 15) is 31.2 Å². The van der Waals surface area contributed by atoms with Gasteiger partial charge in [0.1, 0.15) is 11.6 Å². The van der Waals surface area contributed by atoms with E-state index in [1.807, 2.05) is 25.1 Å². The number of hydrogen-bond acceptors (Lipinski definition) is 5. The van der Waals surface area contributed by atoms with Gasteiger partial charge in [0.05, 0.1) is 23.5 Å². The number of methoxy groups -OCH3 is 1.